The molecule has 1 aliphatic carbocycles. The summed E-state index contributed by atoms with van der Waals surface area (Å²) in [5.41, 5.74) is 2.18. The van der Waals surface area contributed by atoms with E-state index >= 15 is 0 Å². The first-order valence-electron chi connectivity index (χ1n) is 8.84. The molecule has 0 saturated heterocycles. The summed E-state index contributed by atoms with van der Waals surface area (Å²) >= 11 is 0. The Balaban J connectivity index is 1.85. The summed E-state index contributed by atoms with van der Waals surface area (Å²) < 4.78 is 0. The molecular weight excluding hydrogens is 286 g/mol. The Morgan fingerprint density at radius 2 is 2.26 bits per heavy atom. The first-order valence-corrected chi connectivity index (χ1v) is 8.84. The number of anilines is 1. The summed E-state index contributed by atoms with van der Waals surface area (Å²) in [5, 5.41) is 3.03. The Morgan fingerprint density at radius 1 is 1.39 bits per heavy atom. The molecule has 1 aliphatic rings. The van der Waals surface area contributed by atoms with Crippen molar-refractivity contribution < 1.29 is 4.79 Å². The molecule has 0 atom stereocenters. The van der Waals surface area contributed by atoms with Crippen LogP contribution in [-0.4, -0.2) is 31.0 Å². The molecule has 23 heavy (non-hydrogen) atoms. The molecule has 0 fully saturated rings. The van der Waals surface area contributed by atoms with Crippen molar-refractivity contribution >= 4 is 11.7 Å². The van der Waals surface area contributed by atoms with Crippen molar-refractivity contribution in [3.8, 4) is 0 Å². The fraction of sp³-hybridized carbons (Fsp3) is 0.579. The predicted octanol–water partition coefficient (Wildman–Crippen LogP) is 3.94. The van der Waals surface area contributed by atoms with Crippen molar-refractivity contribution in [2.75, 3.05) is 25.0 Å². The number of nitrogens with one attached hydrogen (secondary N) is 1. The second kappa shape index (κ2) is 9.33. The highest BCUT2D eigenvalue weighted by molar-refractivity contribution is 5.94. The van der Waals surface area contributed by atoms with E-state index < -0.39 is 0 Å². The molecule has 0 aromatic carbocycles. The van der Waals surface area contributed by atoms with Gasteiger partial charge in [-0.1, -0.05) is 25.0 Å². The second-order valence-electron chi connectivity index (χ2n) is 6.29. The van der Waals surface area contributed by atoms with Crippen molar-refractivity contribution in [3.63, 3.8) is 0 Å². The lowest BCUT2D eigenvalue weighted by molar-refractivity contribution is 0.0954. The van der Waals surface area contributed by atoms with Crippen LogP contribution in [0.5, 0.6) is 0 Å². The topological polar surface area (TPSA) is 45.2 Å². The standard InChI is InChI=1S/C19H29N3O/c1-3-4-14-22(2)18-15-17(11-13-20-18)19(23)21-12-10-16-8-6-5-7-9-16/h8,11,13,15H,3-7,9-10,12,14H2,1-2H3,(H,21,23). The molecule has 4 heteroatoms. The van der Waals surface area contributed by atoms with Crippen LogP contribution in [0.25, 0.3) is 0 Å². The van der Waals surface area contributed by atoms with E-state index in [2.05, 4.69) is 28.2 Å². The number of carbonyl (C=O) groups is 1. The molecule has 1 heterocycles. The smallest absolute Gasteiger partial charge is 0.251 e. The van der Waals surface area contributed by atoms with Crippen LogP contribution in [0.2, 0.25) is 0 Å². The number of amides is 1. The minimum atomic E-state index is -0.00560. The molecule has 1 N–H and O–H groups in total. The van der Waals surface area contributed by atoms with Gasteiger partial charge in [0.2, 0.25) is 0 Å². The Morgan fingerprint density at radius 3 is 3.00 bits per heavy atom. The van der Waals surface area contributed by atoms with Crippen LogP contribution in [0.1, 0.15) is 62.2 Å². The predicted molar refractivity (Wildman–Crippen MR) is 95.9 cm³/mol. The van der Waals surface area contributed by atoms with Gasteiger partial charge in [-0.25, -0.2) is 4.98 Å². The summed E-state index contributed by atoms with van der Waals surface area (Å²) in [4.78, 5) is 18.8. The number of nitrogens with zero attached hydrogens (tertiary/aromatic N) is 2. The second-order valence-corrected chi connectivity index (χ2v) is 6.29. The highest BCUT2D eigenvalue weighted by Gasteiger charge is 2.10. The summed E-state index contributed by atoms with van der Waals surface area (Å²) in [6.07, 6.45) is 12.3. The molecule has 1 amide bonds. The maximum atomic E-state index is 12.3. The van der Waals surface area contributed by atoms with E-state index in [-0.39, 0.29) is 5.91 Å². The van der Waals surface area contributed by atoms with Gasteiger partial charge in [-0.3, -0.25) is 4.79 Å². The third kappa shape index (κ3) is 5.70. The molecule has 1 aromatic rings. The Kier molecular flexibility index (Phi) is 7.11. The third-order valence-electron chi connectivity index (χ3n) is 4.36. The Bertz CT molecular complexity index is 539. The zero-order chi connectivity index (χ0) is 16.5. The first kappa shape index (κ1) is 17.5. The number of aromatic nitrogens is 1. The van der Waals surface area contributed by atoms with Crippen molar-refractivity contribution in [1.29, 1.82) is 0 Å². The molecule has 1 aromatic heterocycles. The number of carbonyl (C=O) groups excluding carboxylic acids is 1. The van der Waals surface area contributed by atoms with Crippen LogP contribution < -0.4 is 10.2 Å². The molecule has 0 unspecified atom stereocenters. The molecule has 4 nitrogen and oxygen atoms in total. The van der Waals surface area contributed by atoms with Gasteiger partial charge in [0.1, 0.15) is 5.82 Å². The number of pyridine rings is 1. The van der Waals surface area contributed by atoms with Gasteiger partial charge in [0.05, 0.1) is 0 Å². The number of hydrogen-bond donors (Lipinski definition) is 1. The Labute approximate surface area is 140 Å². The average molecular weight is 315 g/mol. The minimum Gasteiger partial charge on any atom is -0.360 e. The Hall–Kier alpha value is -1.84. The number of rotatable bonds is 8. The maximum Gasteiger partial charge on any atom is 0.251 e. The molecule has 2 rings (SSSR count). The van der Waals surface area contributed by atoms with Crippen LogP contribution >= 0.6 is 0 Å². The van der Waals surface area contributed by atoms with Gasteiger partial charge < -0.3 is 10.2 Å². The van der Waals surface area contributed by atoms with Gasteiger partial charge in [0.15, 0.2) is 0 Å². The van der Waals surface area contributed by atoms with E-state index in [1.54, 1.807) is 12.3 Å². The summed E-state index contributed by atoms with van der Waals surface area (Å²) in [7, 11) is 2.02. The molecule has 0 bridgehead atoms. The van der Waals surface area contributed by atoms with Gasteiger partial charge in [-0.15, -0.1) is 0 Å². The highest BCUT2D eigenvalue weighted by Crippen LogP contribution is 2.19. The van der Waals surface area contributed by atoms with Crippen LogP contribution in [0, 0.1) is 0 Å². The van der Waals surface area contributed by atoms with E-state index in [0.717, 1.165) is 31.6 Å². The van der Waals surface area contributed by atoms with Crippen LogP contribution in [0.3, 0.4) is 0 Å². The van der Waals surface area contributed by atoms with Gasteiger partial charge >= 0.3 is 0 Å². The molecule has 0 aliphatic heterocycles. The third-order valence-corrected chi connectivity index (χ3v) is 4.36. The molecule has 0 spiro atoms. The lowest BCUT2D eigenvalue weighted by atomic mass is 9.97. The number of allylic oxidation sites excluding steroid dienone is 1. The quantitative estimate of drug-likeness (QED) is 0.739. The highest BCUT2D eigenvalue weighted by atomic mass is 16.1. The molecule has 0 radical (unpaired) electrons. The number of unbranched alkanes of at least 4 members (excludes halogenated alkanes) is 1. The number of hydrogen-bond acceptors (Lipinski definition) is 3. The average Bonchev–Trinajstić information content (AvgIpc) is 2.60. The van der Waals surface area contributed by atoms with E-state index in [0.29, 0.717) is 12.1 Å². The summed E-state index contributed by atoms with van der Waals surface area (Å²) in [6.45, 7) is 3.85. The van der Waals surface area contributed by atoms with Crippen molar-refractivity contribution in [1.82, 2.24) is 10.3 Å². The normalized spacial score (nSPS) is 14.3. The SMILES string of the molecule is CCCCN(C)c1cc(C(=O)NCCC2=CCCCC2)ccn1. The van der Waals surface area contributed by atoms with Gasteiger partial charge in [0.25, 0.3) is 5.91 Å². The van der Waals surface area contributed by atoms with Crippen LogP contribution in [0.4, 0.5) is 5.82 Å². The lowest BCUT2D eigenvalue weighted by Crippen LogP contribution is -2.26. The van der Waals surface area contributed by atoms with Crippen molar-refractivity contribution in [3.05, 3.63) is 35.5 Å². The van der Waals surface area contributed by atoms with E-state index in [1.807, 2.05) is 13.1 Å². The molecular formula is C19H29N3O. The minimum absolute atomic E-state index is 0.00560. The fourth-order valence-electron chi connectivity index (χ4n) is 2.85. The summed E-state index contributed by atoms with van der Waals surface area (Å²) in [5.74, 6) is 0.857. The summed E-state index contributed by atoms with van der Waals surface area (Å²) in [6, 6.07) is 3.66. The van der Waals surface area contributed by atoms with Crippen molar-refractivity contribution in [2.24, 2.45) is 0 Å². The van der Waals surface area contributed by atoms with Gasteiger partial charge in [0, 0.05) is 31.9 Å². The van der Waals surface area contributed by atoms with Crippen molar-refractivity contribution in [2.45, 2.75) is 51.9 Å². The zero-order valence-corrected chi connectivity index (χ0v) is 14.5. The van der Waals surface area contributed by atoms with E-state index in [1.165, 1.54) is 31.3 Å². The van der Waals surface area contributed by atoms with Crippen LogP contribution in [0.15, 0.2) is 30.0 Å². The van der Waals surface area contributed by atoms with Gasteiger partial charge in [-0.2, -0.15) is 0 Å². The van der Waals surface area contributed by atoms with E-state index in [9.17, 15) is 4.79 Å². The fourth-order valence-corrected chi connectivity index (χ4v) is 2.85. The van der Waals surface area contributed by atoms with Crippen LogP contribution in [-0.2, 0) is 0 Å². The lowest BCUT2D eigenvalue weighted by Gasteiger charge is -2.18. The first-order chi connectivity index (χ1) is 11.2. The molecule has 0 saturated carbocycles. The zero-order valence-electron chi connectivity index (χ0n) is 14.5. The maximum absolute atomic E-state index is 12.3. The monoisotopic (exact) mass is 315 g/mol. The molecule has 126 valence electrons. The largest absolute Gasteiger partial charge is 0.360 e. The van der Waals surface area contributed by atoms with E-state index in [4.69, 9.17) is 0 Å². The van der Waals surface area contributed by atoms with Gasteiger partial charge in [-0.05, 0) is 50.7 Å².